The highest BCUT2D eigenvalue weighted by atomic mass is 19.1. The van der Waals surface area contributed by atoms with Gasteiger partial charge in [-0.05, 0) is 42.3 Å². The number of amides is 1. The van der Waals surface area contributed by atoms with E-state index in [1.165, 1.54) is 18.2 Å². The number of hydrogen-bond donors (Lipinski definition) is 1. The molecule has 3 rings (SSSR count). The minimum Gasteiger partial charge on any atom is -0.467 e. The van der Waals surface area contributed by atoms with Gasteiger partial charge in [0.05, 0.1) is 12.3 Å². The lowest BCUT2D eigenvalue weighted by molar-refractivity contribution is -0.116. The molecule has 0 aliphatic carbocycles. The molecule has 1 aliphatic heterocycles. The predicted octanol–water partition coefficient (Wildman–Crippen LogP) is 2.46. The van der Waals surface area contributed by atoms with Gasteiger partial charge in [-0.1, -0.05) is 6.07 Å². The number of nitrogens with zero attached hydrogens (tertiary/aromatic N) is 1. The maximum Gasteiger partial charge on any atom is 0.244 e. The largest absolute Gasteiger partial charge is 0.467 e. The lowest BCUT2D eigenvalue weighted by atomic mass is 10.1. The fraction of sp³-hybridized carbons (Fsp3) is 0.222. The molecule has 1 N–H and O–H groups in total. The summed E-state index contributed by atoms with van der Waals surface area (Å²) in [6, 6.07) is 8.31. The first kappa shape index (κ1) is 16.1. The summed E-state index contributed by atoms with van der Waals surface area (Å²) in [5, 5.41) is 2.76. The summed E-state index contributed by atoms with van der Waals surface area (Å²) in [6.45, 7) is 0.871. The van der Waals surface area contributed by atoms with E-state index in [4.69, 9.17) is 9.47 Å². The quantitative estimate of drug-likeness (QED) is 0.857. The van der Waals surface area contributed by atoms with Crippen molar-refractivity contribution < 1.29 is 18.7 Å². The van der Waals surface area contributed by atoms with E-state index in [9.17, 15) is 9.18 Å². The summed E-state index contributed by atoms with van der Waals surface area (Å²) < 4.78 is 24.2. The molecule has 5 nitrogen and oxygen atoms in total. The number of nitrogens with one attached hydrogen (secondary N) is 1. The van der Waals surface area contributed by atoms with E-state index in [0.717, 1.165) is 5.56 Å². The van der Waals surface area contributed by atoms with Gasteiger partial charge in [0, 0.05) is 24.4 Å². The smallest absolute Gasteiger partial charge is 0.244 e. The second kappa shape index (κ2) is 7.70. The van der Waals surface area contributed by atoms with Crippen LogP contribution in [0.25, 0.3) is 6.08 Å². The summed E-state index contributed by atoms with van der Waals surface area (Å²) >= 11 is 0. The third-order valence-corrected chi connectivity index (χ3v) is 3.54. The number of pyridine rings is 1. The Balaban J connectivity index is 1.56. The van der Waals surface area contributed by atoms with E-state index in [2.05, 4.69) is 10.3 Å². The fourth-order valence-corrected chi connectivity index (χ4v) is 2.46. The van der Waals surface area contributed by atoms with Gasteiger partial charge >= 0.3 is 0 Å². The number of rotatable bonds is 5. The molecular weight excluding hydrogens is 311 g/mol. The molecule has 0 fully saturated rings. The minimum absolute atomic E-state index is 0.158. The van der Waals surface area contributed by atoms with Crippen LogP contribution in [0.2, 0.25) is 0 Å². The molecule has 6 heteroatoms. The number of ether oxygens (including phenoxy) is 2. The maximum absolute atomic E-state index is 13.6. The molecule has 0 spiro atoms. The SMILES string of the molecule is O=C(C=Cc1ccccn1)NCCc1cc(F)cc2c1OCOC2. The van der Waals surface area contributed by atoms with Crippen LogP contribution in [-0.4, -0.2) is 24.2 Å². The first-order chi connectivity index (χ1) is 11.7. The van der Waals surface area contributed by atoms with Crippen molar-refractivity contribution in [2.24, 2.45) is 0 Å². The Bertz CT molecular complexity index is 747. The highest BCUT2D eigenvalue weighted by Crippen LogP contribution is 2.29. The summed E-state index contributed by atoms with van der Waals surface area (Å²) in [5.41, 5.74) is 2.13. The average molecular weight is 328 g/mol. The molecule has 0 saturated heterocycles. The van der Waals surface area contributed by atoms with Crippen molar-refractivity contribution in [3.05, 3.63) is 65.2 Å². The molecule has 1 amide bonds. The number of carbonyl (C=O) groups is 1. The van der Waals surface area contributed by atoms with Gasteiger partial charge in [0.2, 0.25) is 5.91 Å². The van der Waals surface area contributed by atoms with Crippen LogP contribution in [0.15, 0.2) is 42.6 Å². The fourth-order valence-electron chi connectivity index (χ4n) is 2.46. The zero-order valence-corrected chi connectivity index (χ0v) is 13.0. The van der Waals surface area contributed by atoms with Gasteiger partial charge in [0.25, 0.3) is 0 Å². The van der Waals surface area contributed by atoms with E-state index in [1.807, 2.05) is 18.2 Å². The molecule has 0 radical (unpaired) electrons. The number of halogens is 1. The van der Waals surface area contributed by atoms with Crippen LogP contribution in [-0.2, 0) is 22.6 Å². The second-order valence-electron chi connectivity index (χ2n) is 5.29. The van der Waals surface area contributed by atoms with Crippen LogP contribution < -0.4 is 10.1 Å². The van der Waals surface area contributed by atoms with Crippen LogP contribution >= 0.6 is 0 Å². The Morgan fingerprint density at radius 2 is 2.29 bits per heavy atom. The van der Waals surface area contributed by atoms with Gasteiger partial charge in [-0.15, -0.1) is 0 Å². The average Bonchev–Trinajstić information content (AvgIpc) is 2.60. The van der Waals surface area contributed by atoms with Crippen molar-refractivity contribution in [3.8, 4) is 5.75 Å². The second-order valence-corrected chi connectivity index (χ2v) is 5.29. The van der Waals surface area contributed by atoms with Gasteiger partial charge in [-0.25, -0.2) is 4.39 Å². The molecule has 0 atom stereocenters. The number of aromatic nitrogens is 1. The summed E-state index contributed by atoms with van der Waals surface area (Å²) in [5.74, 6) is 0.0929. The van der Waals surface area contributed by atoms with Crippen LogP contribution in [0.5, 0.6) is 5.75 Å². The summed E-state index contributed by atoms with van der Waals surface area (Å²) in [6.07, 6.45) is 5.20. The van der Waals surface area contributed by atoms with E-state index < -0.39 is 0 Å². The van der Waals surface area contributed by atoms with E-state index in [-0.39, 0.29) is 18.5 Å². The molecule has 124 valence electrons. The number of carbonyl (C=O) groups excluding carboxylic acids is 1. The van der Waals surface area contributed by atoms with E-state index >= 15 is 0 Å². The lowest BCUT2D eigenvalue weighted by Gasteiger charge is -2.20. The zero-order chi connectivity index (χ0) is 16.8. The molecule has 1 aromatic carbocycles. The first-order valence-electron chi connectivity index (χ1n) is 7.61. The molecule has 0 bridgehead atoms. The predicted molar refractivity (Wildman–Crippen MR) is 86.7 cm³/mol. The Labute approximate surface area is 139 Å². The normalized spacial score (nSPS) is 13.4. The standard InChI is InChI=1S/C18H17FN2O3/c19-15-9-13(18-14(10-15)11-23-12-24-18)6-8-21-17(22)5-4-16-3-1-2-7-20-16/h1-5,7,9-10H,6,8,11-12H2,(H,21,22). The van der Waals surface area contributed by atoms with Gasteiger partial charge in [0.15, 0.2) is 6.79 Å². The van der Waals surface area contributed by atoms with Crippen molar-refractivity contribution in [1.29, 1.82) is 0 Å². The number of benzene rings is 1. The van der Waals surface area contributed by atoms with Crippen molar-refractivity contribution in [2.75, 3.05) is 13.3 Å². The third kappa shape index (κ3) is 4.17. The first-order valence-corrected chi connectivity index (χ1v) is 7.61. The van der Waals surface area contributed by atoms with Crippen molar-refractivity contribution in [2.45, 2.75) is 13.0 Å². The van der Waals surface area contributed by atoms with Crippen molar-refractivity contribution in [1.82, 2.24) is 10.3 Å². The zero-order valence-electron chi connectivity index (χ0n) is 13.0. The van der Waals surface area contributed by atoms with Crippen LogP contribution in [0, 0.1) is 5.82 Å². The van der Waals surface area contributed by atoms with Gasteiger partial charge in [-0.3, -0.25) is 9.78 Å². The summed E-state index contributed by atoms with van der Waals surface area (Å²) in [7, 11) is 0. The molecule has 0 saturated carbocycles. The molecule has 1 aliphatic rings. The van der Waals surface area contributed by atoms with Crippen LogP contribution in [0.1, 0.15) is 16.8 Å². The molecule has 2 aromatic rings. The topological polar surface area (TPSA) is 60.5 Å². The molecule has 1 aromatic heterocycles. The third-order valence-electron chi connectivity index (χ3n) is 3.54. The summed E-state index contributed by atoms with van der Waals surface area (Å²) in [4.78, 5) is 15.9. The molecular formula is C18H17FN2O3. The number of fused-ring (bicyclic) bond motifs is 1. The molecule has 2 heterocycles. The lowest BCUT2D eigenvalue weighted by Crippen LogP contribution is -2.24. The van der Waals surface area contributed by atoms with Gasteiger partial charge in [-0.2, -0.15) is 0 Å². The van der Waals surface area contributed by atoms with Crippen molar-refractivity contribution >= 4 is 12.0 Å². The highest BCUT2D eigenvalue weighted by Gasteiger charge is 2.16. The van der Waals surface area contributed by atoms with Crippen LogP contribution in [0.3, 0.4) is 0 Å². The maximum atomic E-state index is 13.6. The van der Waals surface area contributed by atoms with Crippen molar-refractivity contribution in [3.63, 3.8) is 0 Å². The highest BCUT2D eigenvalue weighted by molar-refractivity contribution is 5.91. The Morgan fingerprint density at radius 1 is 1.38 bits per heavy atom. The number of hydrogen-bond acceptors (Lipinski definition) is 4. The minimum atomic E-state index is -0.334. The Hall–Kier alpha value is -2.73. The van der Waals surface area contributed by atoms with E-state index in [0.29, 0.717) is 36.6 Å². The Morgan fingerprint density at radius 3 is 3.12 bits per heavy atom. The van der Waals surface area contributed by atoms with Gasteiger partial charge in [0.1, 0.15) is 11.6 Å². The monoisotopic (exact) mass is 328 g/mol. The molecule has 24 heavy (non-hydrogen) atoms. The Kier molecular flexibility index (Phi) is 5.18. The molecule has 0 unspecified atom stereocenters. The van der Waals surface area contributed by atoms with E-state index in [1.54, 1.807) is 12.3 Å². The van der Waals surface area contributed by atoms with Crippen LogP contribution in [0.4, 0.5) is 4.39 Å². The van der Waals surface area contributed by atoms with Gasteiger partial charge < -0.3 is 14.8 Å².